The van der Waals surface area contributed by atoms with Crippen molar-refractivity contribution in [2.24, 2.45) is 11.7 Å². The summed E-state index contributed by atoms with van der Waals surface area (Å²) in [5, 5.41) is 1.36. The second-order valence-corrected chi connectivity index (χ2v) is 2.36. The lowest BCUT2D eigenvalue weighted by Gasteiger charge is -2.12. The second-order valence-electron chi connectivity index (χ2n) is 2.36. The summed E-state index contributed by atoms with van der Waals surface area (Å²) in [4.78, 5) is 15.6. The van der Waals surface area contributed by atoms with E-state index in [1.807, 2.05) is 0 Å². The largest absolute Gasteiger partial charge is 0.368 e. The van der Waals surface area contributed by atoms with Gasteiger partial charge in [-0.05, 0) is 0 Å². The average Bonchev–Trinajstić information content (AvgIpc) is 1.85. The highest BCUT2D eigenvalue weighted by Gasteiger charge is 2.12. The minimum absolute atomic E-state index is 0.220. The van der Waals surface area contributed by atoms with E-state index in [0.717, 1.165) is 0 Å². The van der Waals surface area contributed by atoms with E-state index in [9.17, 15) is 4.79 Å². The van der Waals surface area contributed by atoms with E-state index >= 15 is 0 Å². The maximum atomic E-state index is 10.8. The van der Waals surface area contributed by atoms with E-state index in [1.165, 1.54) is 5.06 Å². The first-order valence-corrected chi connectivity index (χ1v) is 3.17. The molecular weight excluding hydrogens is 132 g/mol. The van der Waals surface area contributed by atoms with Gasteiger partial charge in [-0.15, -0.1) is 5.06 Å². The zero-order chi connectivity index (χ0) is 8.15. The molecule has 0 aliphatic rings. The topological polar surface area (TPSA) is 55.6 Å². The van der Waals surface area contributed by atoms with Gasteiger partial charge in [0.15, 0.2) is 0 Å². The summed E-state index contributed by atoms with van der Waals surface area (Å²) in [7, 11) is 3.31. The SMILES string of the molecule is CC(CN)C(=O)ON(C)C. The van der Waals surface area contributed by atoms with Crippen LogP contribution in [0.15, 0.2) is 0 Å². The van der Waals surface area contributed by atoms with E-state index in [4.69, 9.17) is 10.6 Å². The molecule has 10 heavy (non-hydrogen) atoms. The Morgan fingerprint density at radius 3 is 2.50 bits per heavy atom. The third kappa shape index (κ3) is 3.42. The van der Waals surface area contributed by atoms with E-state index < -0.39 is 0 Å². The van der Waals surface area contributed by atoms with Crippen molar-refractivity contribution in [1.29, 1.82) is 0 Å². The molecule has 1 unspecified atom stereocenters. The van der Waals surface area contributed by atoms with Gasteiger partial charge in [-0.25, -0.2) is 0 Å². The second kappa shape index (κ2) is 4.24. The van der Waals surface area contributed by atoms with Crippen LogP contribution in [-0.2, 0) is 9.63 Å². The highest BCUT2D eigenvalue weighted by atomic mass is 16.7. The minimum Gasteiger partial charge on any atom is -0.368 e. The molecule has 1 atom stereocenters. The molecule has 0 aliphatic carbocycles. The first kappa shape index (κ1) is 9.39. The Balaban J connectivity index is 3.62. The molecule has 0 rings (SSSR count). The van der Waals surface area contributed by atoms with Crippen LogP contribution in [0.25, 0.3) is 0 Å². The van der Waals surface area contributed by atoms with Crippen LogP contribution in [0.1, 0.15) is 6.92 Å². The molecule has 0 aliphatic heterocycles. The molecule has 0 saturated heterocycles. The molecule has 0 spiro atoms. The monoisotopic (exact) mass is 146 g/mol. The molecule has 0 heterocycles. The van der Waals surface area contributed by atoms with Crippen LogP contribution in [0.3, 0.4) is 0 Å². The summed E-state index contributed by atoms with van der Waals surface area (Å²) in [6, 6.07) is 0. The Bertz CT molecular complexity index is 114. The fraction of sp³-hybridized carbons (Fsp3) is 0.833. The van der Waals surface area contributed by atoms with Gasteiger partial charge in [0.1, 0.15) is 0 Å². The van der Waals surface area contributed by atoms with Crippen molar-refractivity contribution >= 4 is 5.97 Å². The van der Waals surface area contributed by atoms with E-state index in [1.54, 1.807) is 21.0 Å². The van der Waals surface area contributed by atoms with E-state index in [-0.39, 0.29) is 11.9 Å². The van der Waals surface area contributed by atoms with Crippen molar-refractivity contribution < 1.29 is 9.63 Å². The summed E-state index contributed by atoms with van der Waals surface area (Å²) in [6.45, 7) is 2.05. The number of carbonyl (C=O) groups excluding carboxylic acids is 1. The molecule has 0 aromatic rings. The number of hydrogen-bond acceptors (Lipinski definition) is 4. The zero-order valence-corrected chi connectivity index (χ0v) is 6.63. The summed E-state index contributed by atoms with van der Waals surface area (Å²) < 4.78 is 0. The maximum absolute atomic E-state index is 10.8. The normalized spacial score (nSPS) is 13.3. The molecule has 4 nitrogen and oxygen atoms in total. The quantitative estimate of drug-likeness (QED) is 0.550. The summed E-state index contributed by atoms with van der Waals surface area (Å²) in [5.41, 5.74) is 5.23. The lowest BCUT2D eigenvalue weighted by Crippen LogP contribution is -2.27. The molecule has 0 bridgehead atoms. The Labute approximate surface area is 60.9 Å². The molecule has 0 fully saturated rings. The molecule has 0 saturated carbocycles. The van der Waals surface area contributed by atoms with Gasteiger partial charge >= 0.3 is 5.97 Å². The molecule has 4 heteroatoms. The van der Waals surface area contributed by atoms with Crippen molar-refractivity contribution in [1.82, 2.24) is 5.06 Å². The molecule has 0 radical (unpaired) electrons. The van der Waals surface area contributed by atoms with Crippen molar-refractivity contribution in [3.63, 3.8) is 0 Å². The first-order chi connectivity index (χ1) is 4.57. The molecule has 60 valence electrons. The summed E-state index contributed by atoms with van der Waals surface area (Å²) >= 11 is 0. The van der Waals surface area contributed by atoms with E-state index in [2.05, 4.69) is 0 Å². The van der Waals surface area contributed by atoms with Gasteiger partial charge in [0, 0.05) is 20.6 Å². The van der Waals surface area contributed by atoms with Crippen LogP contribution in [0, 0.1) is 5.92 Å². The summed E-state index contributed by atoms with van der Waals surface area (Å²) in [6.07, 6.45) is 0. The Hall–Kier alpha value is -0.610. The summed E-state index contributed by atoms with van der Waals surface area (Å²) in [5.74, 6) is -0.505. The van der Waals surface area contributed by atoms with Crippen LogP contribution >= 0.6 is 0 Å². The van der Waals surface area contributed by atoms with Gasteiger partial charge in [-0.2, -0.15) is 0 Å². The number of nitrogens with zero attached hydrogens (tertiary/aromatic N) is 1. The van der Waals surface area contributed by atoms with Gasteiger partial charge in [0.05, 0.1) is 5.92 Å². The number of hydroxylamine groups is 2. The zero-order valence-electron chi connectivity index (χ0n) is 6.63. The third-order valence-electron chi connectivity index (χ3n) is 1.03. The minimum atomic E-state index is -0.285. The highest BCUT2D eigenvalue weighted by Crippen LogP contribution is 1.95. The molecule has 0 aromatic carbocycles. The molecular formula is C6H14N2O2. The first-order valence-electron chi connectivity index (χ1n) is 3.17. The van der Waals surface area contributed by atoms with Crippen molar-refractivity contribution in [2.45, 2.75) is 6.92 Å². The van der Waals surface area contributed by atoms with Crippen molar-refractivity contribution in [2.75, 3.05) is 20.6 Å². The van der Waals surface area contributed by atoms with Crippen LogP contribution < -0.4 is 5.73 Å². The molecule has 2 N–H and O–H groups in total. The predicted molar refractivity (Wildman–Crippen MR) is 38.0 cm³/mol. The predicted octanol–water partition coefficient (Wildman–Crippen LogP) is -0.399. The van der Waals surface area contributed by atoms with Gasteiger partial charge in [0.25, 0.3) is 0 Å². The van der Waals surface area contributed by atoms with Crippen molar-refractivity contribution in [3.05, 3.63) is 0 Å². The van der Waals surface area contributed by atoms with Gasteiger partial charge in [-0.1, -0.05) is 6.92 Å². The Morgan fingerprint density at radius 1 is 1.70 bits per heavy atom. The van der Waals surface area contributed by atoms with Gasteiger partial charge in [0.2, 0.25) is 0 Å². The van der Waals surface area contributed by atoms with E-state index in [0.29, 0.717) is 6.54 Å². The molecule has 0 amide bonds. The van der Waals surface area contributed by atoms with Gasteiger partial charge < -0.3 is 10.6 Å². The number of rotatable bonds is 3. The fourth-order valence-electron chi connectivity index (χ4n) is 0.366. The van der Waals surface area contributed by atoms with Gasteiger partial charge in [-0.3, -0.25) is 4.79 Å². The van der Waals surface area contributed by atoms with Crippen LogP contribution in [-0.4, -0.2) is 31.7 Å². The lowest BCUT2D eigenvalue weighted by atomic mass is 10.2. The fourth-order valence-corrected chi connectivity index (χ4v) is 0.366. The number of hydrogen-bond donors (Lipinski definition) is 1. The average molecular weight is 146 g/mol. The Kier molecular flexibility index (Phi) is 3.99. The van der Waals surface area contributed by atoms with Crippen LogP contribution in [0.5, 0.6) is 0 Å². The Morgan fingerprint density at radius 2 is 2.20 bits per heavy atom. The standard InChI is InChI=1S/C6H14N2O2/c1-5(4-7)6(9)10-8(2)3/h5H,4,7H2,1-3H3. The van der Waals surface area contributed by atoms with Crippen LogP contribution in [0.2, 0.25) is 0 Å². The maximum Gasteiger partial charge on any atom is 0.329 e. The highest BCUT2D eigenvalue weighted by molar-refractivity contribution is 5.71. The smallest absolute Gasteiger partial charge is 0.329 e. The van der Waals surface area contributed by atoms with Crippen molar-refractivity contribution in [3.8, 4) is 0 Å². The third-order valence-corrected chi connectivity index (χ3v) is 1.03. The number of nitrogens with two attached hydrogens (primary N) is 1. The molecule has 0 aromatic heterocycles. The number of carbonyl (C=O) groups is 1. The lowest BCUT2D eigenvalue weighted by molar-refractivity contribution is -0.182. The van der Waals surface area contributed by atoms with Crippen LogP contribution in [0.4, 0.5) is 0 Å².